The molecule has 0 aromatic carbocycles. The van der Waals surface area contributed by atoms with Crippen molar-refractivity contribution < 1.29 is 23.5 Å². The molecule has 0 rings (SSSR count). The molecular formula is C6H14NO5P. The predicted molar refractivity (Wildman–Crippen MR) is 46.3 cm³/mol. The van der Waals surface area contributed by atoms with E-state index in [4.69, 9.17) is 4.89 Å². The Hall–Kier alpha value is -0.420. The standard InChI is InChI=1S/C6H14NO5P/c1-11-5-7-6(8)3-4-13(9,10)12-2/h3-5H2,1-2H3,(H,7,8)(H,9,10). The third-order valence-corrected chi connectivity index (χ3v) is 2.68. The lowest BCUT2D eigenvalue weighted by Crippen LogP contribution is -2.25. The largest absolute Gasteiger partial charge is 0.364 e. The maximum atomic E-state index is 10.9. The molecule has 1 unspecified atom stereocenters. The molecule has 0 aliphatic heterocycles. The lowest BCUT2D eigenvalue weighted by molar-refractivity contribution is -0.122. The van der Waals surface area contributed by atoms with Gasteiger partial charge in [0.15, 0.2) is 0 Å². The summed E-state index contributed by atoms with van der Waals surface area (Å²) in [6.45, 7) is 0.0988. The minimum atomic E-state index is -3.56. The SMILES string of the molecule is COCNC(=O)CCP(=O)(O)OC. The summed E-state index contributed by atoms with van der Waals surface area (Å²) in [4.78, 5) is 19.8. The maximum Gasteiger partial charge on any atom is 0.328 e. The smallest absolute Gasteiger partial charge is 0.328 e. The summed E-state index contributed by atoms with van der Waals surface area (Å²) in [7, 11) is -0.991. The summed E-state index contributed by atoms with van der Waals surface area (Å²) < 4.78 is 19.8. The monoisotopic (exact) mass is 211 g/mol. The molecule has 0 saturated carbocycles. The number of nitrogens with one attached hydrogen (secondary N) is 1. The van der Waals surface area contributed by atoms with Crippen LogP contribution in [-0.2, 0) is 18.6 Å². The van der Waals surface area contributed by atoms with Crippen molar-refractivity contribution in [2.45, 2.75) is 6.42 Å². The van der Waals surface area contributed by atoms with E-state index in [1.165, 1.54) is 7.11 Å². The first-order valence-corrected chi connectivity index (χ1v) is 5.41. The number of methoxy groups -OCH3 is 1. The Kier molecular flexibility index (Phi) is 5.90. The van der Waals surface area contributed by atoms with Gasteiger partial charge in [-0.25, -0.2) is 0 Å². The van der Waals surface area contributed by atoms with Crippen LogP contribution in [-0.4, -0.2) is 37.9 Å². The second-order valence-corrected chi connectivity index (χ2v) is 4.41. The molecule has 0 radical (unpaired) electrons. The molecule has 0 aromatic rings. The second kappa shape index (κ2) is 6.10. The lowest BCUT2D eigenvalue weighted by atomic mass is 10.5. The highest BCUT2D eigenvalue weighted by Gasteiger charge is 2.18. The van der Waals surface area contributed by atoms with Crippen molar-refractivity contribution in [2.24, 2.45) is 0 Å². The molecule has 0 aromatic heterocycles. The van der Waals surface area contributed by atoms with E-state index in [-0.39, 0.29) is 25.2 Å². The fraction of sp³-hybridized carbons (Fsp3) is 0.833. The van der Waals surface area contributed by atoms with Gasteiger partial charge < -0.3 is 19.5 Å². The Morgan fingerprint density at radius 1 is 1.54 bits per heavy atom. The van der Waals surface area contributed by atoms with Crippen molar-refractivity contribution in [3.05, 3.63) is 0 Å². The van der Waals surface area contributed by atoms with Crippen LogP contribution in [0.15, 0.2) is 0 Å². The second-order valence-electron chi connectivity index (χ2n) is 2.33. The third kappa shape index (κ3) is 6.72. The summed E-state index contributed by atoms with van der Waals surface area (Å²) in [6, 6.07) is 0. The predicted octanol–water partition coefficient (Wildman–Crippen LogP) is -0.0716. The van der Waals surface area contributed by atoms with Gasteiger partial charge in [0.05, 0.1) is 6.16 Å². The minimum absolute atomic E-state index is 0.0506. The van der Waals surface area contributed by atoms with Gasteiger partial charge in [-0.2, -0.15) is 0 Å². The van der Waals surface area contributed by atoms with E-state index in [1.54, 1.807) is 0 Å². The molecule has 0 bridgehead atoms. The first kappa shape index (κ1) is 12.6. The first-order valence-electron chi connectivity index (χ1n) is 3.65. The van der Waals surface area contributed by atoms with Crippen molar-refractivity contribution in [3.8, 4) is 0 Å². The molecule has 1 amide bonds. The normalized spacial score (nSPS) is 15.0. The van der Waals surface area contributed by atoms with Crippen molar-refractivity contribution in [3.63, 3.8) is 0 Å². The topological polar surface area (TPSA) is 84.9 Å². The van der Waals surface area contributed by atoms with Crippen molar-refractivity contribution in [1.29, 1.82) is 0 Å². The zero-order chi connectivity index (χ0) is 10.3. The van der Waals surface area contributed by atoms with E-state index in [0.29, 0.717) is 0 Å². The fourth-order valence-electron chi connectivity index (χ4n) is 0.575. The summed E-state index contributed by atoms with van der Waals surface area (Å²) in [5.41, 5.74) is 0. The minimum Gasteiger partial charge on any atom is -0.364 e. The average Bonchev–Trinajstić information content (AvgIpc) is 2.11. The van der Waals surface area contributed by atoms with Crippen molar-refractivity contribution in [2.75, 3.05) is 27.1 Å². The van der Waals surface area contributed by atoms with Crippen LogP contribution in [0.3, 0.4) is 0 Å². The fourth-order valence-corrected chi connectivity index (χ4v) is 1.24. The molecule has 78 valence electrons. The van der Waals surface area contributed by atoms with Gasteiger partial charge in [0.2, 0.25) is 5.91 Å². The first-order chi connectivity index (χ1) is 6.02. The molecule has 0 aliphatic carbocycles. The van der Waals surface area contributed by atoms with Crippen molar-refractivity contribution >= 4 is 13.5 Å². The highest BCUT2D eigenvalue weighted by molar-refractivity contribution is 7.52. The van der Waals surface area contributed by atoms with Crippen molar-refractivity contribution in [1.82, 2.24) is 5.32 Å². The van der Waals surface area contributed by atoms with E-state index in [9.17, 15) is 9.36 Å². The van der Waals surface area contributed by atoms with Crippen LogP contribution in [0, 0.1) is 0 Å². The number of hydrogen-bond acceptors (Lipinski definition) is 4. The van der Waals surface area contributed by atoms with Crippen LogP contribution in [0.2, 0.25) is 0 Å². The Labute approximate surface area is 76.8 Å². The molecule has 0 heterocycles. The van der Waals surface area contributed by atoms with Gasteiger partial charge in [0.1, 0.15) is 6.73 Å². The number of carbonyl (C=O) groups is 1. The summed E-state index contributed by atoms with van der Waals surface area (Å²) in [5.74, 6) is -0.340. The van der Waals surface area contributed by atoms with Crippen LogP contribution in [0.5, 0.6) is 0 Å². The highest BCUT2D eigenvalue weighted by Crippen LogP contribution is 2.40. The number of amides is 1. The number of hydrogen-bond donors (Lipinski definition) is 2. The third-order valence-electron chi connectivity index (χ3n) is 1.32. The molecule has 2 N–H and O–H groups in total. The molecule has 0 saturated heterocycles. The quantitative estimate of drug-likeness (QED) is 0.474. The molecule has 7 heteroatoms. The van der Waals surface area contributed by atoms with E-state index in [1.807, 2.05) is 0 Å². The van der Waals surface area contributed by atoms with Gasteiger partial charge in [-0.15, -0.1) is 0 Å². The Morgan fingerprint density at radius 3 is 2.62 bits per heavy atom. The Balaban J connectivity index is 3.64. The van der Waals surface area contributed by atoms with Gasteiger partial charge in [0, 0.05) is 20.6 Å². The van der Waals surface area contributed by atoms with Crippen LogP contribution in [0.1, 0.15) is 6.42 Å². The van der Waals surface area contributed by atoms with E-state index < -0.39 is 7.60 Å². The van der Waals surface area contributed by atoms with E-state index in [0.717, 1.165) is 7.11 Å². The van der Waals surface area contributed by atoms with E-state index >= 15 is 0 Å². The van der Waals surface area contributed by atoms with Gasteiger partial charge in [-0.3, -0.25) is 9.36 Å². The summed E-state index contributed by atoms with van der Waals surface area (Å²) in [6.07, 6.45) is -0.232. The van der Waals surface area contributed by atoms with Gasteiger partial charge in [0.25, 0.3) is 0 Å². The van der Waals surface area contributed by atoms with E-state index in [2.05, 4.69) is 14.6 Å². The average molecular weight is 211 g/mol. The number of carbonyl (C=O) groups excluding carboxylic acids is 1. The van der Waals surface area contributed by atoms with Gasteiger partial charge in [-0.1, -0.05) is 0 Å². The molecule has 13 heavy (non-hydrogen) atoms. The van der Waals surface area contributed by atoms with Crippen LogP contribution >= 0.6 is 7.60 Å². The maximum absolute atomic E-state index is 10.9. The van der Waals surface area contributed by atoms with Crippen LogP contribution in [0.4, 0.5) is 0 Å². The Bertz CT molecular complexity index is 207. The molecular weight excluding hydrogens is 197 g/mol. The molecule has 0 spiro atoms. The molecule has 1 atom stereocenters. The van der Waals surface area contributed by atoms with Crippen LogP contribution < -0.4 is 5.32 Å². The molecule has 6 nitrogen and oxygen atoms in total. The Morgan fingerprint density at radius 2 is 2.15 bits per heavy atom. The zero-order valence-electron chi connectivity index (χ0n) is 7.65. The lowest BCUT2D eigenvalue weighted by Gasteiger charge is -2.08. The van der Waals surface area contributed by atoms with Gasteiger partial charge in [-0.05, 0) is 0 Å². The van der Waals surface area contributed by atoms with Crippen LogP contribution in [0.25, 0.3) is 0 Å². The zero-order valence-corrected chi connectivity index (χ0v) is 8.54. The summed E-state index contributed by atoms with van der Waals surface area (Å²) >= 11 is 0. The molecule has 0 aliphatic rings. The highest BCUT2D eigenvalue weighted by atomic mass is 31.2. The number of ether oxygens (including phenoxy) is 1. The number of rotatable bonds is 6. The van der Waals surface area contributed by atoms with Gasteiger partial charge >= 0.3 is 7.60 Å². The molecule has 0 fully saturated rings. The summed E-state index contributed by atoms with van der Waals surface area (Å²) in [5, 5.41) is 2.38.